The molecule has 2 aromatic carbocycles. The van der Waals surface area contributed by atoms with Gasteiger partial charge >= 0.3 is 59.7 Å². The van der Waals surface area contributed by atoms with Crippen molar-refractivity contribution in [3.63, 3.8) is 0 Å². The number of ether oxygens (including phenoxy) is 16. The number of carbonyl (C=O) groups is 10. The fraction of sp³-hybridized carbons (Fsp3) is 0.540. The summed E-state index contributed by atoms with van der Waals surface area (Å²) in [6.45, 7) is 5.45. The van der Waals surface area contributed by atoms with Gasteiger partial charge in [-0.05, 0) is 24.3 Å². The van der Waals surface area contributed by atoms with E-state index in [-0.39, 0.29) is 11.1 Å². The van der Waals surface area contributed by atoms with Gasteiger partial charge in [0.1, 0.15) is 37.6 Å². The normalized spacial score (nSPS) is 28.2. The molecule has 3 heterocycles. The second-order valence-corrected chi connectivity index (χ2v) is 19.8. The van der Waals surface area contributed by atoms with Gasteiger partial charge in [-0.15, -0.1) is 0 Å². The van der Waals surface area contributed by atoms with E-state index < -0.39 is 181 Å². The quantitative estimate of drug-likeness (QED) is 0.0654. The maximum absolute atomic E-state index is 14.4. The number of alkyl halides is 3. The van der Waals surface area contributed by atoms with Crippen LogP contribution in [0.1, 0.15) is 76.1 Å². The number of halogens is 3. The first-order chi connectivity index (χ1) is 37.6. The molecule has 0 aromatic heterocycles. The molecule has 0 bridgehead atoms. The van der Waals surface area contributed by atoms with E-state index in [1.165, 1.54) is 48.5 Å². The Labute approximate surface area is 470 Å². The van der Waals surface area contributed by atoms with Gasteiger partial charge in [0, 0.05) is 55.4 Å². The Kier molecular flexibility index (Phi) is 23.3. The smallest absolute Gasteiger partial charge is 0.338 e. The molecule has 1 N–H and O–H groups in total. The minimum absolute atomic E-state index is 0.119. The molecule has 0 unspecified atom stereocenters. The van der Waals surface area contributed by atoms with Gasteiger partial charge in [0.15, 0.2) is 61.4 Å². The number of carbonyl (C=O) groups excluding carboxylic acids is 10. The van der Waals surface area contributed by atoms with Gasteiger partial charge in [0.05, 0.1) is 17.7 Å². The lowest BCUT2D eigenvalue weighted by molar-refractivity contribution is -0.360. The van der Waals surface area contributed by atoms with Crippen LogP contribution in [0.2, 0.25) is 0 Å². The monoisotopic (exact) mass is 1190 g/mol. The summed E-state index contributed by atoms with van der Waals surface area (Å²) in [6, 6.07) is 14.4. The van der Waals surface area contributed by atoms with Crippen LogP contribution in [0, 0.1) is 5.41 Å². The van der Waals surface area contributed by atoms with E-state index in [2.05, 4.69) is 0 Å². The molecule has 80 heavy (non-hydrogen) atoms. The molecule has 30 heteroatoms. The fourth-order valence-electron chi connectivity index (χ4n) is 8.21. The van der Waals surface area contributed by atoms with Crippen molar-refractivity contribution in [2.75, 3.05) is 19.8 Å². The molecule has 438 valence electrons. The Morgan fingerprint density at radius 3 is 1.12 bits per heavy atom. The van der Waals surface area contributed by atoms with E-state index in [9.17, 15) is 47.9 Å². The van der Waals surface area contributed by atoms with Gasteiger partial charge in [-0.3, -0.25) is 43.8 Å². The van der Waals surface area contributed by atoms with Gasteiger partial charge in [-0.25, -0.2) is 9.59 Å². The van der Waals surface area contributed by atoms with Crippen molar-refractivity contribution in [2.45, 2.75) is 151 Å². The highest BCUT2D eigenvalue weighted by Gasteiger charge is 2.60. The van der Waals surface area contributed by atoms with Crippen LogP contribution in [0.4, 0.5) is 0 Å². The van der Waals surface area contributed by atoms with Crippen LogP contribution in [-0.4, -0.2) is 181 Å². The van der Waals surface area contributed by atoms with Crippen LogP contribution in [0.15, 0.2) is 60.7 Å². The zero-order valence-corrected chi connectivity index (χ0v) is 46.1. The van der Waals surface area contributed by atoms with Gasteiger partial charge in [-0.1, -0.05) is 71.2 Å². The van der Waals surface area contributed by atoms with Crippen molar-refractivity contribution in [1.82, 2.24) is 0 Å². The molecule has 0 aliphatic carbocycles. The fourth-order valence-corrected chi connectivity index (χ4v) is 8.34. The third kappa shape index (κ3) is 18.4. The summed E-state index contributed by atoms with van der Waals surface area (Å²) in [4.78, 5) is 129. The van der Waals surface area contributed by atoms with Crippen molar-refractivity contribution in [3.05, 3.63) is 71.8 Å². The van der Waals surface area contributed by atoms with Crippen molar-refractivity contribution in [2.24, 2.45) is 0 Å². The summed E-state index contributed by atoms with van der Waals surface area (Å²) < 4.78 is 90.8. The predicted molar refractivity (Wildman–Crippen MR) is 264 cm³/mol. The molecule has 0 radical (unpaired) electrons. The molecule has 3 aliphatic heterocycles. The Morgan fingerprint density at radius 1 is 0.400 bits per heavy atom. The van der Waals surface area contributed by atoms with Crippen molar-refractivity contribution in [3.8, 4) is 0 Å². The predicted octanol–water partition coefficient (Wildman–Crippen LogP) is 3.09. The maximum Gasteiger partial charge on any atom is 0.338 e. The molecular formula is C50H56Cl3NO26. The first-order valence-corrected chi connectivity index (χ1v) is 25.1. The van der Waals surface area contributed by atoms with Crippen molar-refractivity contribution >= 4 is 100 Å². The number of esters is 10. The standard InChI is InChI=1S/C50H56Cl3NO26/c1-22(55)65-19-32-35(68-24(3)57)38(70-26(5)59)41(72-28(7)61)46(74-32)67-21-34-37(77-44(63)30-15-11-9-12-16-30)40(43(48(76-34)80-49(54)50(51,52)53)78-45(64)31-17-13-10-14-18-31)79-47-42(73-29(8)62)39(71-27(6)60)36(69-25(4)58)33(75-47)20-66-23(2)56/h9-18,32-43,46-48,54H,19-21H2,1-8H3/t32-,33-,34-,35-,36-,37-,38+,39+,40+,41+,42+,43+,46+,47-,48-/m1/s1. The van der Waals surface area contributed by atoms with Crippen LogP contribution in [-0.2, 0) is 114 Å². The van der Waals surface area contributed by atoms with Gasteiger partial charge in [0.2, 0.25) is 12.2 Å². The Bertz CT molecular complexity index is 2570. The Balaban J connectivity index is 1.77. The van der Waals surface area contributed by atoms with Gasteiger partial charge in [0.25, 0.3) is 3.79 Å². The lowest BCUT2D eigenvalue weighted by atomic mass is 9.95. The molecule has 3 fully saturated rings. The average Bonchev–Trinajstić information content (AvgIpc) is 3.36. The van der Waals surface area contributed by atoms with E-state index in [1.807, 2.05) is 0 Å². The zero-order valence-electron chi connectivity index (χ0n) is 43.8. The summed E-state index contributed by atoms with van der Waals surface area (Å²) in [7, 11) is 0. The van der Waals surface area contributed by atoms with Crippen LogP contribution >= 0.6 is 34.8 Å². The summed E-state index contributed by atoms with van der Waals surface area (Å²) in [5, 5.41) is 8.66. The highest BCUT2D eigenvalue weighted by molar-refractivity contribution is 6.76. The van der Waals surface area contributed by atoms with Crippen molar-refractivity contribution < 1.29 is 124 Å². The molecule has 2 aromatic rings. The van der Waals surface area contributed by atoms with Crippen LogP contribution in [0.5, 0.6) is 0 Å². The number of benzene rings is 2. The lowest BCUT2D eigenvalue weighted by Gasteiger charge is -2.49. The van der Waals surface area contributed by atoms with E-state index >= 15 is 0 Å². The zero-order chi connectivity index (χ0) is 59.2. The summed E-state index contributed by atoms with van der Waals surface area (Å²) in [5.41, 5.74) is -0.243. The Morgan fingerprint density at radius 2 is 0.725 bits per heavy atom. The van der Waals surface area contributed by atoms with Gasteiger partial charge in [-0.2, -0.15) is 0 Å². The first-order valence-electron chi connectivity index (χ1n) is 24.0. The van der Waals surface area contributed by atoms with E-state index in [4.69, 9.17) is 116 Å². The molecule has 0 saturated carbocycles. The molecule has 5 rings (SSSR count). The number of hydrogen-bond acceptors (Lipinski definition) is 27. The lowest BCUT2D eigenvalue weighted by Crippen LogP contribution is -2.68. The average molecular weight is 1190 g/mol. The van der Waals surface area contributed by atoms with E-state index in [0.717, 1.165) is 55.4 Å². The highest BCUT2D eigenvalue weighted by atomic mass is 35.6. The van der Waals surface area contributed by atoms with Crippen LogP contribution < -0.4 is 0 Å². The minimum atomic E-state index is -2.69. The molecule has 0 spiro atoms. The van der Waals surface area contributed by atoms with E-state index in [0.29, 0.717) is 0 Å². The first kappa shape index (κ1) is 64.1. The minimum Gasteiger partial charge on any atom is -0.463 e. The summed E-state index contributed by atoms with van der Waals surface area (Å²) in [5.74, 6) is -11.3. The summed E-state index contributed by atoms with van der Waals surface area (Å²) >= 11 is 18.3. The van der Waals surface area contributed by atoms with Crippen molar-refractivity contribution in [1.29, 1.82) is 5.41 Å². The molecule has 3 saturated heterocycles. The third-order valence-electron chi connectivity index (χ3n) is 11.2. The summed E-state index contributed by atoms with van der Waals surface area (Å²) in [6.07, 6.45) is -28.8. The van der Waals surface area contributed by atoms with Crippen LogP contribution in [0.3, 0.4) is 0 Å². The number of hydrogen-bond donors (Lipinski definition) is 1. The molecular weight excluding hydrogens is 1140 g/mol. The third-order valence-corrected chi connectivity index (χ3v) is 11.7. The SMILES string of the molecule is CC(=O)OC[C@H]1O[C@H](OC[C@H]2O[C@H](OC(=N)C(Cl)(Cl)Cl)[C@@H](OC(=O)c3ccccc3)[C@@H](O[C@H]3O[C@H](COC(C)=O)[C@@H](OC(C)=O)[C@H](OC(C)=O)[C@@H]3OC(C)=O)[C@@H]2OC(=O)c2ccccc2)[C@@H](OC(C)=O)[C@@H](OC(C)=O)[C@@H]1OC(C)=O. The highest BCUT2D eigenvalue weighted by Crippen LogP contribution is 2.39. The topological polar surface area (TPSA) is 342 Å². The second kappa shape index (κ2) is 29.1. The van der Waals surface area contributed by atoms with Gasteiger partial charge < -0.3 is 75.8 Å². The number of rotatable bonds is 20. The van der Waals surface area contributed by atoms with E-state index in [1.54, 1.807) is 12.1 Å². The second-order valence-electron chi connectivity index (χ2n) is 17.5. The molecule has 0 amide bonds. The molecule has 27 nitrogen and oxygen atoms in total. The molecule has 3 aliphatic rings. The molecule has 15 atom stereocenters. The maximum atomic E-state index is 14.4. The Hall–Kier alpha value is -6.72. The van der Waals surface area contributed by atoms with Crippen LogP contribution in [0.25, 0.3) is 0 Å². The largest absolute Gasteiger partial charge is 0.463 e. The number of nitrogens with one attached hydrogen (secondary N) is 1.